The second-order valence-electron chi connectivity index (χ2n) is 8.90. The van der Waals surface area contributed by atoms with Crippen molar-refractivity contribution in [3.05, 3.63) is 47.7 Å². The number of likely N-dealkylation sites (tertiary alicyclic amines) is 1. The Kier molecular flexibility index (Phi) is 8.76. The van der Waals surface area contributed by atoms with Crippen LogP contribution in [0.5, 0.6) is 5.75 Å². The molecule has 0 bridgehead atoms. The maximum Gasteiger partial charge on any atom is 0.446 e. The van der Waals surface area contributed by atoms with Crippen molar-refractivity contribution in [2.75, 3.05) is 51.5 Å². The molecule has 0 aliphatic carbocycles. The van der Waals surface area contributed by atoms with Crippen LogP contribution in [0.1, 0.15) is 22.5 Å². The minimum absolute atomic E-state index is 0.0434. The second-order valence-corrected chi connectivity index (χ2v) is 9.98. The van der Waals surface area contributed by atoms with E-state index in [0.29, 0.717) is 35.8 Å². The average Bonchev–Trinajstić information content (AvgIpc) is 3.24. The van der Waals surface area contributed by atoms with Crippen LogP contribution >= 0.6 is 11.8 Å². The summed E-state index contributed by atoms with van der Waals surface area (Å²) in [6.45, 7) is 1.01. The number of thioether (sulfide) groups is 1. The van der Waals surface area contributed by atoms with Gasteiger partial charge in [-0.25, -0.2) is 8.91 Å². The molecule has 8 nitrogen and oxygen atoms in total. The molecule has 1 saturated heterocycles. The van der Waals surface area contributed by atoms with E-state index in [1.807, 2.05) is 11.9 Å². The standard InChI is InChI=1S/C26H28F4N6O2S/c1-31-25(37)16-9-10-22(38-3)20(14-16)32-12-5-6-19-24(39-26(28,29)30)21-7-4-8-23(36(21)34-19)33-18-11-13-35(2)15-17(18)27/h4,7-10,14,17-18,32-33H,11-13,15H2,1-3H3,(H,31,37)/t17-,18+/m0/s1. The van der Waals surface area contributed by atoms with E-state index in [2.05, 4.69) is 32.9 Å². The van der Waals surface area contributed by atoms with Gasteiger partial charge in [-0.15, -0.1) is 0 Å². The van der Waals surface area contributed by atoms with E-state index in [0.717, 1.165) is 0 Å². The summed E-state index contributed by atoms with van der Waals surface area (Å²) in [6, 6.07) is 9.11. The van der Waals surface area contributed by atoms with Crippen molar-refractivity contribution in [3.8, 4) is 17.6 Å². The molecule has 3 N–H and O–H groups in total. The lowest BCUT2D eigenvalue weighted by Crippen LogP contribution is -2.46. The summed E-state index contributed by atoms with van der Waals surface area (Å²) >= 11 is -0.292. The molecule has 0 saturated carbocycles. The molecule has 2 atom stereocenters. The highest BCUT2D eigenvalue weighted by atomic mass is 32.2. The molecule has 208 valence electrons. The number of alkyl halides is 4. The number of carbonyl (C=O) groups is 1. The van der Waals surface area contributed by atoms with E-state index in [1.54, 1.807) is 30.3 Å². The van der Waals surface area contributed by atoms with Crippen molar-refractivity contribution in [1.29, 1.82) is 0 Å². The first-order valence-electron chi connectivity index (χ1n) is 12.1. The number of methoxy groups -OCH3 is 1. The molecule has 1 amide bonds. The number of benzene rings is 1. The number of anilines is 2. The van der Waals surface area contributed by atoms with Crippen LogP contribution in [0.25, 0.3) is 5.52 Å². The number of nitrogens with zero attached hydrogens (tertiary/aromatic N) is 3. The minimum Gasteiger partial charge on any atom is -0.495 e. The van der Waals surface area contributed by atoms with E-state index in [9.17, 15) is 22.4 Å². The molecule has 1 aromatic carbocycles. The Morgan fingerprint density at radius 3 is 2.77 bits per heavy atom. The first kappa shape index (κ1) is 28.4. The molecule has 0 spiro atoms. The Bertz CT molecular complexity index is 1400. The Balaban J connectivity index is 1.61. The summed E-state index contributed by atoms with van der Waals surface area (Å²) < 4.78 is 61.7. The zero-order chi connectivity index (χ0) is 28.2. The predicted octanol–water partition coefficient (Wildman–Crippen LogP) is 4.23. The minimum atomic E-state index is -4.56. The summed E-state index contributed by atoms with van der Waals surface area (Å²) in [6.07, 6.45) is -0.592. The summed E-state index contributed by atoms with van der Waals surface area (Å²) in [4.78, 5) is 13.7. The van der Waals surface area contributed by atoms with Gasteiger partial charge in [-0.1, -0.05) is 12.0 Å². The molecule has 1 aliphatic rings. The zero-order valence-corrected chi connectivity index (χ0v) is 22.3. The van der Waals surface area contributed by atoms with Crippen molar-refractivity contribution in [2.45, 2.75) is 29.0 Å². The number of carbonyl (C=O) groups excluding carboxylic acids is 1. The highest BCUT2D eigenvalue weighted by molar-refractivity contribution is 8.00. The van der Waals surface area contributed by atoms with Crippen LogP contribution in [-0.4, -0.2) is 79.0 Å². The third-order valence-corrected chi connectivity index (χ3v) is 7.01. The Morgan fingerprint density at radius 1 is 1.28 bits per heavy atom. The smallest absolute Gasteiger partial charge is 0.446 e. The van der Waals surface area contributed by atoms with Crippen LogP contribution < -0.4 is 20.7 Å². The Labute approximate surface area is 227 Å². The fraction of sp³-hybridized carbons (Fsp3) is 0.385. The normalized spacial score (nSPS) is 17.8. The molecule has 3 heterocycles. The fourth-order valence-corrected chi connectivity index (χ4v) is 4.94. The number of pyridine rings is 1. The quantitative estimate of drug-likeness (QED) is 0.225. The molecule has 13 heteroatoms. The molecule has 1 fully saturated rings. The predicted molar refractivity (Wildman–Crippen MR) is 143 cm³/mol. The zero-order valence-electron chi connectivity index (χ0n) is 21.5. The second kappa shape index (κ2) is 12.0. The number of ether oxygens (including phenoxy) is 1. The molecular formula is C26H28F4N6O2S. The van der Waals surface area contributed by atoms with Gasteiger partial charge in [-0.05, 0) is 61.5 Å². The largest absolute Gasteiger partial charge is 0.495 e. The van der Waals surface area contributed by atoms with Gasteiger partial charge in [0.1, 0.15) is 23.4 Å². The maximum absolute atomic E-state index is 14.6. The van der Waals surface area contributed by atoms with E-state index in [1.165, 1.54) is 24.7 Å². The van der Waals surface area contributed by atoms with Gasteiger partial charge in [0.25, 0.3) is 5.91 Å². The van der Waals surface area contributed by atoms with E-state index in [4.69, 9.17) is 4.74 Å². The molecule has 39 heavy (non-hydrogen) atoms. The highest BCUT2D eigenvalue weighted by Crippen LogP contribution is 2.41. The van der Waals surface area contributed by atoms with Crippen molar-refractivity contribution in [1.82, 2.24) is 19.8 Å². The first-order chi connectivity index (χ1) is 18.6. The molecule has 4 rings (SSSR count). The third kappa shape index (κ3) is 6.88. The van der Waals surface area contributed by atoms with Crippen LogP contribution in [0.2, 0.25) is 0 Å². The van der Waals surface area contributed by atoms with Crippen LogP contribution in [0.15, 0.2) is 41.3 Å². The van der Waals surface area contributed by atoms with Crippen molar-refractivity contribution in [3.63, 3.8) is 0 Å². The van der Waals surface area contributed by atoms with Crippen molar-refractivity contribution in [2.24, 2.45) is 0 Å². The number of fused-ring (bicyclic) bond motifs is 1. The van der Waals surface area contributed by atoms with E-state index >= 15 is 0 Å². The number of rotatable bonds is 7. The van der Waals surface area contributed by atoms with Crippen LogP contribution in [0.4, 0.5) is 29.1 Å². The number of hydrogen-bond donors (Lipinski definition) is 3. The molecule has 0 radical (unpaired) electrons. The lowest BCUT2D eigenvalue weighted by molar-refractivity contribution is -0.0327. The SMILES string of the molecule is CNC(=O)c1ccc(OC)c(NCC#Cc2nn3c(N[C@@H]4CCN(C)C[C@@H]4F)cccc3c2SC(F)(F)F)c1. The highest BCUT2D eigenvalue weighted by Gasteiger charge is 2.33. The van der Waals surface area contributed by atoms with Gasteiger partial charge in [-0.2, -0.15) is 18.3 Å². The van der Waals surface area contributed by atoms with Gasteiger partial charge in [0.05, 0.1) is 35.8 Å². The van der Waals surface area contributed by atoms with Crippen molar-refractivity contribution >= 4 is 34.7 Å². The van der Waals surface area contributed by atoms with Gasteiger partial charge in [-0.3, -0.25) is 4.79 Å². The number of amides is 1. The van der Waals surface area contributed by atoms with Gasteiger partial charge >= 0.3 is 5.51 Å². The number of piperidine rings is 1. The molecule has 3 aromatic rings. The molecular weight excluding hydrogens is 536 g/mol. The Hall–Kier alpha value is -3.63. The summed E-state index contributed by atoms with van der Waals surface area (Å²) in [5, 5.41) is 13.0. The van der Waals surface area contributed by atoms with Gasteiger partial charge in [0, 0.05) is 25.7 Å². The van der Waals surface area contributed by atoms with Crippen LogP contribution in [-0.2, 0) is 0 Å². The van der Waals surface area contributed by atoms with Crippen molar-refractivity contribution < 1.29 is 27.1 Å². The topological polar surface area (TPSA) is 82.9 Å². The van der Waals surface area contributed by atoms with Gasteiger partial charge in [0.15, 0.2) is 0 Å². The summed E-state index contributed by atoms with van der Waals surface area (Å²) in [5.41, 5.74) is -3.51. The van der Waals surface area contributed by atoms with E-state index < -0.39 is 17.7 Å². The number of nitrogens with one attached hydrogen (secondary N) is 3. The lowest BCUT2D eigenvalue weighted by Gasteiger charge is -2.33. The van der Waals surface area contributed by atoms with E-state index in [-0.39, 0.29) is 46.9 Å². The molecule has 0 unspecified atom stereocenters. The third-order valence-electron chi connectivity index (χ3n) is 6.17. The lowest BCUT2D eigenvalue weighted by atomic mass is 10.0. The summed E-state index contributed by atoms with van der Waals surface area (Å²) in [5.74, 6) is 6.11. The van der Waals surface area contributed by atoms with Crippen LogP contribution in [0.3, 0.4) is 0 Å². The number of aromatic nitrogens is 2. The number of halogens is 4. The Morgan fingerprint density at radius 2 is 2.08 bits per heavy atom. The molecule has 1 aliphatic heterocycles. The summed E-state index contributed by atoms with van der Waals surface area (Å²) in [7, 11) is 4.83. The first-order valence-corrected chi connectivity index (χ1v) is 12.9. The fourth-order valence-electron chi connectivity index (χ4n) is 4.26. The van der Waals surface area contributed by atoms with Gasteiger partial charge in [0.2, 0.25) is 0 Å². The van der Waals surface area contributed by atoms with Gasteiger partial charge < -0.3 is 25.6 Å². The monoisotopic (exact) mass is 564 g/mol. The number of hydrogen-bond acceptors (Lipinski definition) is 7. The molecule has 2 aromatic heterocycles. The van der Waals surface area contributed by atoms with Crippen LogP contribution in [0, 0.1) is 11.8 Å². The maximum atomic E-state index is 14.6. The average molecular weight is 565 g/mol.